The number of rotatable bonds is 6. The van der Waals surface area contributed by atoms with E-state index in [2.05, 4.69) is 25.6 Å². The second-order valence-electron chi connectivity index (χ2n) is 3.42. The van der Waals surface area contributed by atoms with E-state index in [1.54, 1.807) is 0 Å². The molecule has 14 heavy (non-hydrogen) atoms. The highest BCUT2D eigenvalue weighted by atomic mass is 16.5. The van der Waals surface area contributed by atoms with Gasteiger partial charge in [-0.3, -0.25) is 0 Å². The molecule has 0 bridgehead atoms. The van der Waals surface area contributed by atoms with Gasteiger partial charge in [0.25, 0.3) is 0 Å². The standard InChI is InChI=1S/C13H18O/c1-3-4-8-12(2)14-11-13-9-6-5-7-10-13/h5-7,9-10H,2-4,8,11H2,1H3. The molecule has 0 heterocycles. The molecule has 0 atom stereocenters. The van der Waals surface area contributed by atoms with E-state index in [0.29, 0.717) is 6.61 Å². The largest absolute Gasteiger partial charge is 0.494 e. The van der Waals surface area contributed by atoms with Crippen LogP contribution in [0.2, 0.25) is 0 Å². The zero-order chi connectivity index (χ0) is 10.2. The Labute approximate surface area is 86.4 Å². The van der Waals surface area contributed by atoms with Gasteiger partial charge in [-0.15, -0.1) is 0 Å². The van der Waals surface area contributed by atoms with E-state index >= 15 is 0 Å². The monoisotopic (exact) mass is 190 g/mol. The van der Waals surface area contributed by atoms with Gasteiger partial charge in [0.15, 0.2) is 0 Å². The van der Waals surface area contributed by atoms with Gasteiger partial charge in [-0.1, -0.05) is 50.3 Å². The Morgan fingerprint density at radius 2 is 2.00 bits per heavy atom. The molecule has 0 saturated heterocycles. The maximum absolute atomic E-state index is 5.54. The fourth-order valence-electron chi connectivity index (χ4n) is 1.21. The fraction of sp³-hybridized carbons (Fsp3) is 0.385. The number of hydrogen-bond donors (Lipinski definition) is 0. The quantitative estimate of drug-likeness (QED) is 0.618. The van der Waals surface area contributed by atoms with Gasteiger partial charge in [0.1, 0.15) is 6.61 Å². The van der Waals surface area contributed by atoms with Gasteiger partial charge >= 0.3 is 0 Å². The van der Waals surface area contributed by atoms with Gasteiger partial charge in [-0.05, 0) is 12.0 Å². The van der Waals surface area contributed by atoms with E-state index in [0.717, 1.165) is 18.6 Å². The molecule has 0 spiro atoms. The predicted octanol–water partition coefficient (Wildman–Crippen LogP) is 3.91. The van der Waals surface area contributed by atoms with Crippen molar-refractivity contribution in [2.75, 3.05) is 0 Å². The number of unbranched alkanes of at least 4 members (excludes halogenated alkanes) is 1. The average molecular weight is 190 g/mol. The molecular weight excluding hydrogens is 172 g/mol. The van der Waals surface area contributed by atoms with Crippen LogP contribution in [0.25, 0.3) is 0 Å². The molecule has 0 radical (unpaired) electrons. The molecular formula is C13H18O. The first-order chi connectivity index (χ1) is 6.83. The third-order valence-corrected chi connectivity index (χ3v) is 2.09. The summed E-state index contributed by atoms with van der Waals surface area (Å²) in [5.74, 6) is 0.899. The molecule has 1 rings (SSSR count). The minimum Gasteiger partial charge on any atom is -0.494 e. The second kappa shape index (κ2) is 6.25. The van der Waals surface area contributed by atoms with Crippen LogP contribution >= 0.6 is 0 Å². The lowest BCUT2D eigenvalue weighted by Crippen LogP contribution is -1.92. The van der Waals surface area contributed by atoms with Gasteiger partial charge in [0.2, 0.25) is 0 Å². The molecule has 0 saturated carbocycles. The third-order valence-electron chi connectivity index (χ3n) is 2.09. The number of ether oxygens (including phenoxy) is 1. The third kappa shape index (κ3) is 4.13. The normalized spacial score (nSPS) is 9.79. The van der Waals surface area contributed by atoms with Crippen molar-refractivity contribution in [1.82, 2.24) is 0 Å². The zero-order valence-corrected chi connectivity index (χ0v) is 8.83. The van der Waals surface area contributed by atoms with E-state index < -0.39 is 0 Å². The molecule has 0 unspecified atom stereocenters. The summed E-state index contributed by atoms with van der Waals surface area (Å²) in [7, 11) is 0. The first-order valence-corrected chi connectivity index (χ1v) is 5.17. The summed E-state index contributed by atoms with van der Waals surface area (Å²) in [5.41, 5.74) is 1.20. The van der Waals surface area contributed by atoms with Gasteiger partial charge in [0.05, 0.1) is 5.76 Å². The molecule has 0 N–H and O–H groups in total. The van der Waals surface area contributed by atoms with Gasteiger partial charge < -0.3 is 4.74 Å². The Kier molecular flexibility index (Phi) is 4.84. The van der Waals surface area contributed by atoms with Gasteiger partial charge in [-0.25, -0.2) is 0 Å². The van der Waals surface area contributed by atoms with Crippen molar-refractivity contribution < 1.29 is 4.74 Å². The highest BCUT2D eigenvalue weighted by Gasteiger charge is 1.95. The van der Waals surface area contributed by atoms with Crippen LogP contribution < -0.4 is 0 Å². The van der Waals surface area contributed by atoms with Crippen LogP contribution in [0.3, 0.4) is 0 Å². The minimum absolute atomic E-state index is 0.642. The summed E-state index contributed by atoms with van der Waals surface area (Å²) in [6, 6.07) is 10.2. The summed E-state index contributed by atoms with van der Waals surface area (Å²) < 4.78 is 5.54. The van der Waals surface area contributed by atoms with Crippen molar-refractivity contribution in [3.05, 3.63) is 48.2 Å². The molecule has 1 heteroatoms. The first-order valence-electron chi connectivity index (χ1n) is 5.17. The van der Waals surface area contributed by atoms with Crippen molar-refractivity contribution in [1.29, 1.82) is 0 Å². The Bertz CT molecular complexity index is 264. The lowest BCUT2D eigenvalue weighted by atomic mass is 10.2. The van der Waals surface area contributed by atoms with Crippen molar-refractivity contribution in [2.45, 2.75) is 32.8 Å². The highest BCUT2D eigenvalue weighted by molar-refractivity contribution is 5.13. The van der Waals surface area contributed by atoms with Crippen molar-refractivity contribution in [2.24, 2.45) is 0 Å². The summed E-state index contributed by atoms with van der Waals surface area (Å²) in [4.78, 5) is 0. The Morgan fingerprint density at radius 1 is 1.29 bits per heavy atom. The second-order valence-corrected chi connectivity index (χ2v) is 3.42. The molecule has 0 fully saturated rings. The molecule has 1 aromatic carbocycles. The Balaban J connectivity index is 2.24. The Hall–Kier alpha value is -1.24. The fourth-order valence-corrected chi connectivity index (χ4v) is 1.21. The SMILES string of the molecule is C=C(CCCC)OCc1ccccc1. The van der Waals surface area contributed by atoms with Crippen LogP contribution in [0.1, 0.15) is 31.7 Å². The minimum atomic E-state index is 0.642. The van der Waals surface area contributed by atoms with Crippen molar-refractivity contribution in [3.63, 3.8) is 0 Å². The van der Waals surface area contributed by atoms with Crippen molar-refractivity contribution >= 4 is 0 Å². The summed E-state index contributed by atoms with van der Waals surface area (Å²) >= 11 is 0. The maximum atomic E-state index is 5.54. The van der Waals surface area contributed by atoms with E-state index in [-0.39, 0.29) is 0 Å². The number of hydrogen-bond acceptors (Lipinski definition) is 1. The van der Waals surface area contributed by atoms with Crippen LogP contribution in [0.4, 0.5) is 0 Å². The van der Waals surface area contributed by atoms with Crippen molar-refractivity contribution in [3.8, 4) is 0 Å². The molecule has 0 aliphatic rings. The molecule has 0 aliphatic carbocycles. The lowest BCUT2D eigenvalue weighted by molar-refractivity contribution is 0.189. The van der Waals surface area contributed by atoms with E-state index in [4.69, 9.17) is 4.74 Å². The summed E-state index contributed by atoms with van der Waals surface area (Å²) in [6.07, 6.45) is 3.32. The van der Waals surface area contributed by atoms with Gasteiger partial charge in [-0.2, -0.15) is 0 Å². The topological polar surface area (TPSA) is 9.23 Å². The van der Waals surface area contributed by atoms with E-state index in [1.165, 1.54) is 12.0 Å². The molecule has 76 valence electrons. The van der Waals surface area contributed by atoms with Crippen LogP contribution in [0.5, 0.6) is 0 Å². The molecule has 0 aliphatic heterocycles. The van der Waals surface area contributed by atoms with E-state index in [9.17, 15) is 0 Å². The Morgan fingerprint density at radius 3 is 2.64 bits per heavy atom. The van der Waals surface area contributed by atoms with Crippen LogP contribution in [-0.4, -0.2) is 0 Å². The number of benzene rings is 1. The predicted molar refractivity (Wildman–Crippen MR) is 59.9 cm³/mol. The molecule has 1 aromatic rings. The average Bonchev–Trinajstić information content (AvgIpc) is 2.25. The van der Waals surface area contributed by atoms with Crippen LogP contribution in [-0.2, 0) is 11.3 Å². The molecule has 0 amide bonds. The summed E-state index contributed by atoms with van der Waals surface area (Å²) in [6.45, 7) is 6.70. The van der Waals surface area contributed by atoms with E-state index in [1.807, 2.05) is 18.2 Å². The molecule has 1 nitrogen and oxygen atoms in total. The van der Waals surface area contributed by atoms with Crippen LogP contribution in [0.15, 0.2) is 42.7 Å². The summed E-state index contributed by atoms with van der Waals surface area (Å²) in [5, 5.41) is 0. The van der Waals surface area contributed by atoms with Gasteiger partial charge in [0, 0.05) is 6.42 Å². The highest BCUT2D eigenvalue weighted by Crippen LogP contribution is 2.09. The van der Waals surface area contributed by atoms with Crippen LogP contribution in [0, 0.1) is 0 Å². The first kappa shape index (κ1) is 10.8. The number of allylic oxidation sites excluding steroid dienone is 1. The smallest absolute Gasteiger partial charge is 0.113 e. The maximum Gasteiger partial charge on any atom is 0.113 e. The zero-order valence-electron chi connectivity index (χ0n) is 8.83. The lowest BCUT2D eigenvalue weighted by Gasteiger charge is -2.08. The molecule has 0 aromatic heterocycles.